The molecule has 0 spiro atoms. The number of anilines is 3. The van der Waals surface area contributed by atoms with Crippen LogP contribution in [-0.2, 0) is 25.8 Å². The molecule has 19 heteroatoms. The molecule has 1 amide bonds. The predicted octanol–water partition coefficient (Wildman–Crippen LogP) is -0.0164. The number of carbonyl (C=O) groups excluding carboxylic acids is 1. The Bertz CT molecular complexity index is 1540. The molecule has 1 aliphatic heterocycles. The first-order chi connectivity index (χ1) is 20.3. The Morgan fingerprint density at radius 1 is 1.05 bits per heavy atom. The predicted molar refractivity (Wildman–Crippen MR) is 152 cm³/mol. The summed E-state index contributed by atoms with van der Waals surface area (Å²) in [6.45, 7) is 0.300. The van der Waals surface area contributed by atoms with Crippen molar-refractivity contribution in [3.63, 3.8) is 0 Å². The fourth-order valence-electron chi connectivity index (χ4n) is 3.48. The van der Waals surface area contributed by atoms with Gasteiger partial charge in [-0.05, 0) is 30.7 Å². The molecule has 1 aliphatic rings. The number of nitrogens with two attached hydrogens (primary N) is 3. The summed E-state index contributed by atoms with van der Waals surface area (Å²) in [4.78, 5) is 65.4. The number of benzene rings is 1. The standard InChI is InChI=1S/C19H20N8O5.C5H7ClN2O3/c20-15-14-16(27-19(21)26-15)23-8-11(24-14)7-22-10-3-1-9(2-4-10)17(30)25-12(18(31)32)5-6-13(28)29;6-3-1-2(11-8-3)4(7)5(9)10/h1-4,8,12,22H,5-7H2,(H,25,30)(H,28,29)(H,31,32)(H4,20,21,23,26,27);2,4H,1,7H2,(H,9,10)/t;2-,4-/m.0/s1. The fourth-order valence-corrected chi connectivity index (χ4v) is 3.68. The molecule has 18 nitrogen and oxygen atoms in total. The average molecular weight is 619 g/mol. The van der Waals surface area contributed by atoms with Crippen molar-refractivity contribution >= 4 is 69.2 Å². The molecule has 4 rings (SSSR count). The summed E-state index contributed by atoms with van der Waals surface area (Å²) < 4.78 is 0. The first-order valence-electron chi connectivity index (χ1n) is 12.3. The number of hydrogen-bond acceptors (Lipinski definition) is 14. The van der Waals surface area contributed by atoms with Gasteiger partial charge in [0.15, 0.2) is 23.1 Å². The number of oxime groups is 1. The summed E-state index contributed by atoms with van der Waals surface area (Å²) in [5, 5.41) is 35.3. The molecule has 1 unspecified atom stereocenters. The quantitative estimate of drug-likeness (QED) is 0.140. The highest BCUT2D eigenvalue weighted by Crippen LogP contribution is 2.17. The number of carboxylic acids is 3. The largest absolute Gasteiger partial charge is 0.481 e. The van der Waals surface area contributed by atoms with Crippen LogP contribution in [0.4, 0.5) is 17.5 Å². The third kappa shape index (κ3) is 9.33. The molecule has 11 N–H and O–H groups in total. The Kier molecular flexibility index (Phi) is 10.8. The van der Waals surface area contributed by atoms with Gasteiger partial charge in [-0.15, -0.1) is 0 Å². The smallest absolute Gasteiger partial charge is 0.326 e. The van der Waals surface area contributed by atoms with Crippen LogP contribution in [0.2, 0.25) is 0 Å². The van der Waals surface area contributed by atoms with Crippen LogP contribution in [0.15, 0.2) is 35.6 Å². The van der Waals surface area contributed by atoms with Crippen molar-refractivity contribution in [1.29, 1.82) is 0 Å². The van der Waals surface area contributed by atoms with E-state index < -0.39 is 42.0 Å². The second kappa shape index (κ2) is 14.5. The number of nitrogens with one attached hydrogen (secondary N) is 2. The van der Waals surface area contributed by atoms with Crippen LogP contribution < -0.4 is 27.8 Å². The minimum atomic E-state index is -1.30. The zero-order valence-corrected chi connectivity index (χ0v) is 22.9. The topological polar surface area (TPSA) is 304 Å². The summed E-state index contributed by atoms with van der Waals surface area (Å²) in [7, 11) is 0. The monoisotopic (exact) mass is 618 g/mol. The van der Waals surface area contributed by atoms with Gasteiger partial charge in [0.05, 0.1) is 18.4 Å². The lowest BCUT2D eigenvalue weighted by Gasteiger charge is -2.14. The Morgan fingerprint density at radius 3 is 2.33 bits per heavy atom. The summed E-state index contributed by atoms with van der Waals surface area (Å²) in [6, 6.07) is 3.93. The van der Waals surface area contributed by atoms with E-state index in [4.69, 9.17) is 44.1 Å². The van der Waals surface area contributed by atoms with Crippen molar-refractivity contribution in [3.05, 3.63) is 41.7 Å². The van der Waals surface area contributed by atoms with Crippen LogP contribution in [0.5, 0.6) is 0 Å². The zero-order valence-electron chi connectivity index (χ0n) is 22.2. The lowest BCUT2D eigenvalue weighted by Crippen LogP contribution is -2.41. The van der Waals surface area contributed by atoms with Crippen molar-refractivity contribution in [2.45, 2.75) is 44.0 Å². The molecule has 3 aromatic rings. The molecular weight excluding hydrogens is 592 g/mol. The van der Waals surface area contributed by atoms with Crippen LogP contribution in [0.3, 0.4) is 0 Å². The maximum absolute atomic E-state index is 12.3. The lowest BCUT2D eigenvalue weighted by atomic mass is 10.1. The van der Waals surface area contributed by atoms with Crippen LogP contribution in [0.1, 0.15) is 35.3 Å². The van der Waals surface area contributed by atoms with Gasteiger partial charge in [-0.2, -0.15) is 9.97 Å². The third-order valence-corrected chi connectivity index (χ3v) is 5.94. The number of fused-ring (bicyclic) bond motifs is 1. The number of nitrogen functional groups attached to an aromatic ring is 2. The first kappa shape index (κ1) is 32.2. The molecule has 3 atom stereocenters. The molecule has 0 fully saturated rings. The van der Waals surface area contributed by atoms with E-state index in [0.717, 1.165) is 0 Å². The molecule has 0 radical (unpaired) electrons. The molecule has 3 heterocycles. The molecule has 0 saturated heterocycles. The van der Waals surface area contributed by atoms with Crippen molar-refractivity contribution < 1.29 is 39.3 Å². The number of aliphatic carboxylic acids is 3. The maximum Gasteiger partial charge on any atom is 0.326 e. The van der Waals surface area contributed by atoms with E-state index in [1.54, 1.807) is 12.1 Å². The van der Waals surface area contributed by atoms with Gasteiger partial charge in [0, 0.05) is 24.1 Å². The number of aromatic nitrogens is 4. The second-order valence-corrected chi connectivity index (χ2v) is 9.34. The Hall–Kier alpha value is -5.36. The highest BCUT2D eigenvalue weighted by molar-refractivity contribution is 6.65. The number of halogens is 1. The van der Waals surface area contributed by atoms with E-state index in [-0.39, 0.29) is 47.4 Å². The van der Waals surface area contributed by atoms with Crippen LogP contribution in [0, 0.1) is 0 Å². The summed E-state index contributed by atoms with van der Waals surface area (Å²) in [5.41, 5.74) is 18.7. The van der Waals surface area contributed by atoms with Gasteiger partial charge in [-0.1, -0.05) is 16.8 Å². The lowest BCUT2D eigenvalue weighted by molar-refractivity contribution is -0.142. The highest BCUT2D eigenvalue weighted by atomic mass is 35.5. The number of carboxylic acid groups (broad SMARTS) is 3. The van der Waals surface area contributed by atoms with E-state index in [1.165, 1.54) is 18.3 Å². The van der Waals surface area contributed by atoms with Crippen molar-refractivity contribution in [2.75, 3.05) is 16.8 Å². The normalized spacial score (nSPS) is 15.2. The van der Waals surface area contributed by atoms with Crippen molar-refractivity contribution in [1.82, 2.24) is 25.3 Å². The van der Waals surface area contributed by atoms with E-state index in [1.807, 2.05) is 0 Å². The van der Waals surface area contributed by atoms with Crippen molar-refractivity contribution in [3.8, 4) is 0 Å². The molecule has 43 heavy (non-hydrogen) atoms. The van der Waals surface area contributed by atoms with E-state index >= 15 is 0 Å². The van der Waals surface area contributed by atoms with Gasteiger partial charge in [0.25, 0.3) is 5.91 Å². The minimum absolute atomic E-state index is 0.0101. The zero-order chi connectivity index (χ0) is 31.7. The van der Waals surface area contributed by atoms with E-state index in [0.29, 0.717) is 23.4 Å². The molecule has 228 valence electrons. The molecular formula is C24H27ClN10O8. The van der Waals surface area contributed by atoms with Crippen molar-refractivity contribution in [2.24, 2.45) is 10.9 Å². The number of rotatable bonds is 11. The fraction of sp³-hybridized carbons (Fsp3) is 0.292. The van der Waals surface area contributed by atoms with Crippen LogP contribution in [-0.4, -0.2) is 82.4 Å². The molecule has 0 saturated carbocycles. The third-order valence-electron chi connectivity index (χ3n) is 5.71. The number of amides is 1. The van der Waals surface area contributed by atoms with Gasteiger partial charge in [0.2, 0.25) is 5.95 Å². The Morgan fingerprint density at radius 2 is 1.74 bits per heavy atom. The Labute approximate surface area is 247 Å². The Balaban J connectivity index is 0.000000386. The maximum atomic E-state index is 12.3. The van der Waals surface area contributed by atoms with E-state index in [2.05, 4.69) is 40.6 Å². The van der Waals surface area contributed by atoms with Gasteiger partial charge < -0.3 is 48.0 Å². The minimum Gasteiger partial charge on any atom is -0.481 e. The molecule has 1 aromatic carbocycles. The van der Waals surface area contributed by atoms with Gasteiger partial charge in [-0.25, -0.2) is 14.8 Å². The van der Waals surface area contributed by atoms with Gasteiger partial charge >= 0.3 is 17.9 Å². The first-order valence-corrected chi connectivity index (χ1v) is 12.7. The summed E-state index contributed by atoms with van der Waals surface area (Å²) in [5.74, 6) is -4.04. The van der Waals surface area contributed by atoms with Crippen LogP contribution >= 0.6 is 11.6 Å². The van der Waals surface area contributed by atoms with Gasteiger partial charge in [0.1, 0.15) is 17.3 Å². The molecule has 0 bridgehead atoms. The summed E-state index contributed by atoms with van der Waals surface area (Å²) >= 11 is 5.43. The average Bonchev–Trinajstić information content (AvgIpc) is 3.40. The SMILES string of the molecule is N[C@H](C(=O)O)[C@@H]1CC(Cl)=NO1.Nc1nc(N)c2nc(CNc3ccc(C(=O)NC(CCC(=O)O)C(=O)O)cc3)cnc2n1. The summed E-state index contributed by atoms with van der Waals surface area (Å²) in [6.07, 6.45) is 0.579. The van der Waals surface area contributed by atoms with Gasteiger partial charge in [-0.3, -0.25) is 14.4 Å². The highest BCUT2D eigenvalue weighted by Gasteiger charge is 2.31. The molecule has 2 aromatic heterocycles. The van der Waals surface area contributed by atoms with E-state index in [9.17, 15) is 19.2 Å². The second-order valence-electron chi connectivity index (χ2n) is 8.91. The molecule has 0 aliphatic carbocycles. The number of nitrogens with zero attached hydrogens (tertiary/aromatic N) is 5. The number of carbonyl (C=O) groups is 4. The number of hydrogen-bond donors (Lipinski definition) is 8. The van der Waals surface area contributed by atoms with Crippen LogP contribution in [0.25, 0.3) is 11.2 Å².